The molecule has 0 radical (unpaired) electrons. The maximum absolute atomic E-state index is 5.98. The predicted octanol–water partition coefficient (Wildman–Crippen LogP) is 1.94. The van der Waals surface area contributed by atoms with Crippen LogP contribution in [0.15, 0.2) is 18.9 Å². The third-order valence-corrected chi connectivity index (χ3v) is 3.77. The van der Waals surface area contributed by atoms with E-state index < -0.39 is 0 Å². The molecule has 0 amide bonds. The van der Waals surface area contributed by atoms with Gasteiger partial charge in [0.25, 0.3) is 0 Å². The van der Waals surface area contributed by atoms with Gasteiger partial charge in [0.05, 0.1) is 5.69 Å². The van der Waals surface area contributed by atoms with Crippen LogP contribution in [0.25, 0.3) is 0 Å². The fourth-order valence-electron chi connectivity index (χ4n) is 2.69. The molecule has 1 aliphatic rings. The molecule has 0 aliphatic carbocycles. The van der Waals surface area contributed by atoms with Crippen LogP contribution in [0.4, 0.5) is 5.95 Å². The molecule has 100 valence electrons. The Morgan fingerprint density at radius 3 is 2.78 bits per heavy atom. The van der Waals surface area contributed by atoms with Gasteiger partial charge in [0, 0.05) is 31.9 Å². The summed E-state index contributed by atoms with van der Waals surface area (Å²) in [6.45, 7) is 10.9. The van der Waals surface area contributed by atoms with Gasteiger partial charge in [-0.15, -0.1) is 6.58 Å². The Morgan fingerprint density at radius 1 is 1.56 bits per heavy atom. The molecule has 4 nitrogen and oxygen atoms in total. The first kappa shape index (κ1) is 13.1. The molecule has 2 N–H and O–H groups in total. The zero-order valence-corrected chi connectivity index (χ0v) is 11.5. The van der Waals surface area contributed by atoms with Gasteiger partial charge in [-0.3, -0.25) is 0 Å². The molecule has 1 aromatic heterocycles. The molecule has 1 saturated heterocycles. The van der Waals surface area contributed by atoms with Crippen molar-refractivity contribution in [2.75, 3.05) is 18.0 Å². The Kier molecular flexibility index (Phi) is 4.07. The van der Waals surface area contributed by atoms with Crippen molar-refractivity contribution in [1.82, 2.24) is 9.55 Å². The molecule has 0 saturated carbocycles. The molecule has 2 heterocycles. The van der Waals surface area contributed by atoms with E-state index in [4.69, 9.17) is 5.73 Å². The number of hydrogen-bond acceptors (Lipinski definition) is 3. The maximum atomic E-state index is 5.98. The van der Waals surface area contributed by atoms with Crippen molar-refractivity contribution < 1.29 is 0 Å². The van der Waals surface area contributed by atoms with Gasteiger partial charge in [0.2, 0.25) is 5.95 Å². The number of anilines is 1. The molecule has 1 aliphatic heterocycles. The van der Waals surface area contributed by atoms with Crippen molar-refractivity contribution in [3.8, 4) is 0 Å². The smallest absolute Gasteiger partial charge is 0.206 e. The van der Waals surface area contributed by atoms with Crippen molar-refractivity contribution in [1.29, 1.82) is 0 Å². The molecule has 1 atom stereocenters. The zero-order chi connectivity index (χ0) is 13.1. The van der Waals surface area contributed by atoms with Crippen LogP contribution in [0.3, 0.4) is 0 Å². The number of nitrogens with zero attached hydrogens (tertiary/aromatic N) is 3. The van der Waals surface area contributed by atoms with Crippen LogP contribution >= 0.6 is 0 Å². The van der Waals surface area contributed by atoms with E-state index >= 15 is 0 Å². The van der Waals surface area contributed by atoms with Crippen molar-refractivity contribution >= 4 is 5.95 Å². The largest absolute Gasteiger partial charge is 0.342 e. The Labute approximate surface area is 109 Å². The molecule has 4 heteroatoms. The molecule has 18 heavy (non-hydrogen) atoms. The van der Waals surface area contributed by atoms with E-state index in [0.29, 0.717) is 12.0 Å². The second-order valence-electron chi connectivity index (χ2n) is 5.31. The van der Waals surface area contributed by atoms with E-state index in [1.807, 2.05) is 13.0 Å². The van der Waals surface area contributed by atoms with Crippen LogP contribution in [0.2, 0.25) is 0 Å². The summed E-state index contributed by atoms with van der Waals surface area (Å²) >= 11 is 0. The number of hydrogen-bond donors (Lipinski definition) is 1. The molecule has 1 unspecified atom stereocenters. The number of imidazole rings is 1. The standard InChI is InChI=1S/C14H24N4/c1-4-7-18-10-11(2)16-14(18)17-8-5-13(6-9-17)12(3)15/h4,10,12-13H,1,5-9,15H2,2-3H3. The summed E-state index contributed by atoms with van der Waals surface area (Å²) in [5, 5.41) is 0. The average molecular weight is 248 g/mol. The van der Waals surface area contributed by atoms with Gasteiger partial charge in [0.1, 0.15) is 0 Å². The van der Waals surface area contributed by atoms with Gasteiger partial charge in [-0.2, -0.15) is 0 Å². The maximum Gasteiger partial charge on any atom is 0.206 e. The van der Waals surface area contributed by atoms with Gasteiger partial charge in [0.15, 0.2) is 0 Å². The Bertz CT molecular complexity index is 400. The summed E-state index contributed by atoms with van der Waals surface area (Å²) in [6, 6.07) is 0.307. The van der Waals surface area contributed by atoms with Crippen molar-refractivity contribution in [3.63, 3.8) is 0 Å². The first-order chi connectivity index (χ1) is 8.61. The number of aryl methyl sites for hydroxylation is 1. The number of allylic oxidation sites excluding steroid dienone is 1. The summed E-state index contributed by atoms with van der Waals surface area (Å²) in [6.07, 6.45) is 6.34. The normalized spacial score (nSPS) is 18.9. The average Bonchev–Trinajstić information content (AvgIpc) is 2.71. The lowest BCUT2D eigenvalue weighted by atomic mass is 9.91. The minimum Gasteiger partial charge on any atom is -0.342 e. The van der Waals surface area contributed by atoms with Crippen LogP contribution in [0.1, 0.15) is 25.5 Å². The number of nitrogens with two attached hydrogens (primary N) is 1. The first-order valence-corrected chi connectivity index (χ1v) is 6.77. The third-order valence-electron chi connectivity index (χ3n) is 3.77. The molecule has 0 bridgehead atoms. The number of aromatic nitrogens is 2. The van der Waals surface area contributed by atoms with Gasteiger partial charge in [-0.25, -0.2) is 4.98 Å². The fourth-order valence-corrected chi connectivity index (χ4v) is 2.69. The lowest BCUT2D eigenvalue weighted by Gasteiger charge is -2.34. The van der Waals surface area contributed by atoms with Crippen molar-refractivity contribution in [2.24, 2.45) is 11.7 Å². The summed E-state index contributed by atoms with van der Waals surface area (Å²) < 4.78 is 2.18. The van der Waals surface area contributed by atoms with Crippen molar-refractivity contribution in [3.05, 3.63) is 24.5 Å². The summed E-state index contributed by atoms with van der Waals surface area (Å²) in [5.74, 6) is 1.74. The monoisotopic (exact) mass is 248 g/mol. The zero-order valence-electron chi connectivity index (χ0n) is 11.5. The van der Waals surface area contributed by atoms with E-state index in [2.05, 4.69) is 34.2 Å². The molecule has 1 aromatic rings. The second kappa shape index (κ2) is 5.57. The Morgan fingerprint density at radius 2 is 2.22 bits per heavy atom. The van der Waals surface area contributed by atoms with Gasteiger partial charge in [-0.05, 0) is 32.6 Å². The highest BCUT2D eigenvalue weighted by Gasteiger charge is 2.24. The Hall–Kier alpha value is -1.29. The van der Waals surface area contributed by atoms with E-state index in [-0.39, 0.29) is 0 Å². The highest BCUT2D eigenvalue weighted by atomic mass is 15.3. The van der Waals surface area contributed by atoms with Gasteiger partial charge < -0.3 is 15.2 Å². The van der Waals surface area contributed by atoms with E-state index in [0.717, 1.165) is 44.1 Å². The number of rotatable bonds is 4. The second-order valence-corrected chi connectivity index (χ2v) is 5.31. The highest BCUT2D eigenvalue weighted by Crippen LogP contribution is 2.24. The molecule has 2 rings (SSSR count). The van der Waals surface area contributed by atoms with E-state index in [1.54, 1.807) is 0 Å². The lowest BCUT2D eigenvalue weighted by Crippen LogP contribution is -2.40. The molecular formula is C14H24N4. The fraction of sp³-hybridized carbons (Fsp3) is 0.643. The SMILES string of the molecule is C=CCn1cc(C)nc1N1CCC(C(C)N)CC1. The van der Waals surface area contributed by atoms with Crippen LogP contribution in [0, 0.1) is 12.8 Å². The topological polar surface area (TPSA) is 47.1 Å². The highest BCUT2D eigenvalue weighted by molar-refractivity contribution is 5.34. The predicted molar refractivity (Wildman–Crippen MR) is 75.7 cm³/mol. The molecule has 0 spiro atoms. The van der Waals surface area contributed by atoms with Crippen LogP contribution in [-0.2, 0) is 6.54 Å². The van der Waals surface area contributed by atoms with Crippen molar-refractivity contribution in [2.45, 2.75) is 39.3 Å². The van der Waals surface area contributed by atoms with Crippen LogP contribution in [-0.4, -0.2) is 28.7 Å². The van der Waals surface area contributed by atoms with E-state index in [9.17, 15) is 0 Å². The minimum absolute atomic E-state index is 0.307. The molecule has 1 fully saturated rings. The molecule has 0 aromatic carbocycles. The quantitative estimate of drug-likeness (QED) is 0.828. The van der Waals surface area contributed by atoms with Gasteiger partial charge in [-0.1, -0.05) is 6.08 Å². The van der Waals surface area contributed by atoms with E-state index in [1.165, 1.54) is 0 Å². The summed E-state index contributed by atoms with van der Waals surface area (Å²) in [5.41, 5.74) is 7.05. The first-order valence-electron chi connectivity index (χ1n) is 6.77. The van der Waals surface area contributed by atoms with Crippen LogP contribution in [0.5, 0.6) is 0 Å². The minimum atomic E-state index is 0.307. The van der Waals surface area contributed by atoms with Crippen LogP contribution < -0.4 is 10.6 Å². The third kappa shape index (κ3) is 2.75. The summed E-state index contributed by atoms with van der Waals surface area (Å²) in [4.78, 5) is 7.00. The van der Waals surface area contributed by atoms with Gasteiger partial charge >= 0.3 is 0 Å². The molecular weight excluding hydrogens is 224 g/mol. The summed E-state index contributed by atoms with van der Waals surface area (Å²) in [7, 11) is 0. The Balaban J connectivity index is 2.07. The number of piperidine rings is 1. The lowest BCUT2D eigenvalue weighted by molar-refractivity contribution is 0.351.